The number of likely N-dealkylation sites (tertiary alicyclic amines) is 1. The number of carboxylic acids is 1. The average Bonchev–Trinajstić information content (AvgIpc) is 2.85. The van der Waals surface area contributed by atoms with Gasteiger partial charge in [0.1, 0.15) is 0 Å². The molecule has 102 valence electrons. The summed E-state index contributed by atoms with van der Waals surface area (Å²) in [5.41, 5.74) is 2.96. The van der Waals surface area contributed by atoms with Gasteiger partial charge in [-0.3, -0.25) is 9.69 Å². The van der Waals surface area contributed by atoms with Crippen molar-refractivity contribution in [2.24, 2.45) is 5.92 Å². The molecule has 3 nitrogen and oxygen atoms in total. The van der Waals surface area contributed by atoms with Gasteiger partial charge in [0.2, 0.25) is 0 Å². The SMILES string of the molecule is O=C(O)CC1CCN(C2CCCc3ccccc32)C1. The number of aliphatic carboxylic acids is 1. The third kappa shape index (κ3) is 2.66. The molecule has 1 aliphatic carbocycles. The van der Waals surface area contributed by atoms with Gasteiger partial charge >= 0.3 is 5.97 Å². The lowest BCUT2D eigenvalue weighted by atomic mass is 9.87. The Balaban J connectivity index is 1.73. The minimum atomic E-state index is -0.657. The summed E-state index contributed by atoms with van der Waals surface area (Å²) in [4.78, 5) is 13.3. The summed E-state index contributed by atoms with van der Waals surface area (Å²) < 4.78 is 0. The van der Waals surface area contributed by atoms with Gasteiger partial charge in [0.15, 0.2) is 0 Å². The highest BCUT2D eigenvalue weighted by atomic mass is 16.4. The Morgan fingerprint density at radius 2 is 2.16 bits per heavy atom. The number of rotatable bonds is 3. The second-order valence-corrected chi connectivity index (χ2v) is 5.85. The molecule has 0 amide bonds. The van der Waals surface area contributed by atoms with E-state index in [2.05, 4.69) is 29.2 Å². The quantitative estimate of drug-likeness (QED) is 0.907. The molecule has 0 bridgehead atoms. The molecule has 1 heterocycles. The molecule has 1 fully saturated rings. The molecule has 1 aliphatic heterocycles. The number of hydrogen-bond acceptors (Lipinski definition) is 2. The predicted molar refractivity (Wildman–Crippen MR) is 74.1 cm³/mol. The first-order valence-corrected chi connectivity index (χ1v) is 7.27. The van der Waals surface area contributed by atoms with Crippen LogP contribution in [-0.4, -0.2) is 29.1 Å². The summed E-state index contributed by atoms with van der Waals surface area (Å²) >= 11 is 0. The van der Waals surface area contributed by atoms with Crippen LogP contribution in [0.2, 0.25) is 0 Å². The van der Waals surface area contributed by atoms with Gasteiger partial charge in [0, 0.05) is 19.0 Å². The summed E-state index contributed by atoms with van der Waals surface area (Å²) in [7, 11) is 0. The van der Waals surface area contributed by atoms with Crippen molar-refractivity contribution in [1.82, 2.24) is 4.90 Å². The first-order chi connectivity index (χ1) is 9.24. The number of carbonyl (C=O) groups is 1. The van der Waals surface area contributed by atoms with E-state index in [-0.39, 0.29) is 0 Å². The molecule has 1 aromatic carbocycles. The van der Waals surface area contributed by atoms with E-state index in [4.69, 9.17) is 5.11 Å². The van der Waals surface area contributed by atoms with Crippen LogP contribution in [0.25, 0.3) is 0 Å². The molecule has 2 atom stereocenters. The van der Waals surface area contributed by atoms with Crippen molar-refractivity contribution in [2.75, 3.05) is 13.1 Å². The zero-order valence-corrected chi connectivity index (χ0v) is 11.2. The third-order valence-corrected chi connectivity index (χ3v) is 4.56. The largest absolute Gasteiger partial charge is 0.481 e. The fourth-order valence-corrected chi connectivity index (χ4v) is 3.67. The highest BCUT2D eigenvalue weighted by Crippen LogP contribution is 2.37. The summed E-state index contributed by atoms with van der Waals surface area (Å²) in [6, 6.07) is 9.26. The van der Waals surface area contributed by atoms with E-state index in [0.717, 1.165) is 19.5 Å². The van der Waals surface area contributed by atoms with Crippen molar-refractivity contribution in [1.29, 1.82) is 0 Å². The Morgan fingerprint density at radius 3 is 3.00 bits per heavy atom. The number of aryl methyl sites for hydroxylation is 1. The van der Waals surface area contributed by atoms with Crippen molar-refractivity contribution in [3.63, 3.8) is 0 Å². The molecule has 0 saturated carbocycles. The molecule has 19 heavy (non-hydrogen) atoms. The Labute approximate surface area is 114 Å². The Kier molecular flexibility index (Phi) is 3.56. The van der Waals surface area contributed by atoms with Crippen LogP contribution >= 0.6 is 0 Å². The second kappa shape index (κ2) is 5.33. The molecule has 1 aromatic rings. The Hall–Kier alpha value is -1.35. The van der Waals surface area contributed by atoms with Crippen LogP contribution in [0.4, 0.5) is 0 Å². The van der Waals surface area contributed by atoms with Crippen LogP contribution in [0.5, 0.6) is 0 Å². The van der Waals surface area contributed by atoms with Crippen molar-refractivity contribution in [3.8, 4) is 0 Å². The number of fused-ring (bicyclic) bond motifs is 1. The summed E-state index contributed by atoms with van der Waals surface area (Å²) in [5.74, 6) is -0.317. The van der Waals surface area contributed by atoms with E-state index in [9.17, 15) is 4.79 Å². The number of benzene rings is 1. The molecular weight excluding hydrogens is 238 g/mol. The monoisotopic (exact) mass is 259 g/mol. The van der Waals surface area contributed by atoms with Gasteiger partial charge in [-0.25, -0.2) is 0 Å². The van der Waals surface area contributed by atoms with Gasteiger partial charge in [-0.1, -0.05) is 24.3 Å². The maximum absolute atomic E-state index is 10.8. The summed E-state index contributed by atoms with van der Waals surface area (Å²) in [6.07, 6.45) is 5.02. The highest BCUT2D eigenvalue weighted by Gasteiger charge is 2.32. The fourth-order valence-electron chi connectivity index (χ4n) is 3.67. The normalized spacial score (nSPS) is 27.2. The van der Waals surface area contributed by atoms with Crippen LogP contribution in [0.1, 0.15) is 42.9 Å². The van der Waals surface area contributed by atoms with Gasteiger partial charge < -0.3 is 5.11 Å². The van der Waals surface area contributed by atoms with E-state index < -0.39 is 5.97 Å². The topological polar surface area (TPSA) is 40.5 Å². The summed E-state index contributed by atoms with van der Waals surface area (Å²) in [5, 5.41) is 8.91. The minimum Gasteiger partial charge on any atom is -0.481 e. The number of nitrogens with zero attached hydrogens (tertiary/aromatic N) is 1. The average molecular weight is 259 g/mol. The van der Waals surface area contributed by atoms with Crippen LogP contribution in [0, 0.1) is 5.92 Å². The predicted octanol–water partition coefficient (Wildman–Crippen LogP) is 2.86. The maximum Gasteiger partial charge on any atom is 0.303 e. The lowest BCUT2D eigenvalue weighted by Crippen LogP contribution is -2.29. The van der Waals surface area contributed by atoms with E-state index in [1.54, 1.807) is 0 Å². The number of carboxylic acid groups (broad SMARTS) is 1. The smallest absolute Gasteiger partial charge is 0.303 e. The Morgan fingerprint density at radius 1 is 1.32 bits per heavy atom. The molecule has 2 aliphatic rings. The van der Waals surface area contributed by atoms with Crippen molar-refractivity contribution < 1.29 is 9.90 Å². The zero-order chi connectivity index (χ0) is 13.2. The molecule has 3 rings (SSSR count). The highest BCUT2D eigenvalue weighted by molar-refractivity contribution is 5.67. The summed E-state index contributed by atoms with van der Waals surface area (Å²) in [6.45, 7) is 2.00. The lowest BCUT2D eigenvalue weighted by molar-refractivity contribution is -0.138. The van der Waals surface area contributed by atoms with Gasteiger partial charge in [-0.2, -0.15) is 0 Å². The molecule has 0 aromatic heterocycles. The first-order valence-electron chi connectivity index (χ1n) is 7.27. The molecule has 0 radical (unpaired) electrons. The van der Waals surface area contributed by atoms with E-state index in [1.165, 1.54) is 30.4 Å². The molecule has 0 spiro atoms. The van der Waals surface area contributed by atoms with Crippen LogP contribution in [0.3, 0.4) is 0 Å². The second-order valence-electron chi connectivity index (χ2n) is 5.85. The van der Waals surface area contributed by atoms with Crippen LogP contribution < -0.4 is 0 Å². The van der Waals surface area contributed by atoms with Gasteiger partial charge in [0.05, 0.1) is 0 Å². The Bertz CT molecular complexity index is 472. The van der Waals surface area contributed by atoms with Gasteiger partial charge in [0.25, 0.3) is 0 Å². The van der Waals surface area contributed by atoms with Crippen LogP contribution in [-0.2, 0) is 11.2 Å². The van der Waals surface area contributed by atoms with Gasteiger partial charge in [-0.05, 0) is 49.3 Å². The standard InChI is InChI=1S/C16H21NO2/c18-16(19)10-12-8-9-17(11-12)15-7-3-5-13-4-1-2-6-14(13)15/h1-2,4,6,12,15H,3,5,7-11H2,(H,18,19). The van der Waals surface area contributed by atoms with Crippen molar-refractivity contribution >= 4 is 5.97 Å². The van der Waals surface area contributed by atoms with Gasteiger partial charge in [-0.15, -0.1) is 0 Å². The lowest BCUT2D eigenvalue weighted by Gasteiger charge is -2.33. The van der Waals surface area contributed by atoms with Crippen molar-refractivity contribution in [3.05, 3.63) is 35.4 Å². The van der Waals surface area contributed by atoms with Crippen LogP contribution in [0.15, 0.2) is 24.3 Å². The van der Waals surface area contributed by atoms with Crippen molar-refractivity contribution in [2.45, 2.75) is 38.1 Å². The molecule has 2 unspecified atom stereocenters. The molecule has 3 heteroatoms. The maximum atomic E-state index is 10.8. The number of hydrogen-bond donors (Lipinski definition) is 1. The van der Waals surface area contributed by atoms with E-state index >= 15 is 0 Å². The molecular formula is C16H21NO2. The molecule has 1 saturated heterocycles. The minimum absolute atomic E-state index is 0.324. The third-order valence-electron chi connectivity index (χ3n) is 4.56. The zero-order valence-electron chi connectivity index (χ0n) is 11.2. The van der Waals surface area contributed by atoms with E-state index in [0.29, 0.717) is 18.4 Å². The fraction of sp³-hybridized carbons (Fsp3) is 0.562. The first kappa shape index (κ1) is 12.7. The molecule has 1 N–H and O–H groups in total. The van der Waals surface area contributed by atoms with E-state index in [1.807, 2.05) is 0 Å².